The second-order valence-electron chi connectivity index (χ2n) is 9.53. The Labute approximate surface area is 177 Å². The highest BCUT2D eigenvalue weighted by Gasteiger charge is 2.62. The zero-order chi connectivity index (χ0) is 22.2. The van der Waals surface area contributed by atoms with Crippen LogP contribution in [0, 0.1) is 22.7 Å². The number of carbonyl (C=O) groups is 2. The minimum absolute atomic E-state index is 0.0942. The second kappa shape index (κ2) is 11.0. The van der Waals surface area contributed by atoms with Gasteiger partial charge < -0.3 is 9.84 Å². The van der Waals surface area contributed by atoms with Crippen LogP contribution in [0.5, 0.6) is 0 Å². The first-order chi connectivity index (χ1) is 13.5. The van der Waals surface area contributed by atoms with Crippen LogP contribution in [0.4, 0.5) is 0 Å². The van der Waals surface area contributed by atoms with Crippen molar-refractivity contribution >= 4 is 11.9 Å². The maximum Gasteiger partial charge on any atom is 0.331 e. The van der Waals surface area contributed by atoms with Crippen molar-refractivity contribution < 1.29 is 19.4 Å². The first-order valence-corrected chi connectivity index (χ1v) is 11.3. The van der Waals surface area contributed by atoms with Gasteiger partial charge in [0.1, 0.15) is 6.10 Å². The predicted molar refractivity (Wildman–Crippen MR) is 119 cm³/mol. The highest BCUT2D eigenvalue weighted by Crippen LogP contribution is 2.66. The number of hydrogen-bond acceptors (Lipinski definition) is 3. The molecule has 4 atom stereocenters. The molecule has 2 bridgehead atoms. The lowest BCUT2D eigenvalue weighted by atomic mass is 9.70. The average molecular weight is 407 g/mol. The Morgan fingerprint density at radius 1 is 1.21 bits per heavy atom. The van der Waals surface area contributed by atoms with E-state index in [0.29, 0.717) is 16.9 Å². The Hall–Kier alpha value is -1.58. The van der Waals surface area contributed by atoms with Gasteiger partial charge in [-0.1, -0.05) is 73.5 Å². The minimum atomic E-state index is -0.840. The molecular formula is C25H42O4. The molecule has 2 fully saturated rings. The number of hydrogen-bond donors (Lipinski definition) is 1. The summed E-state index contributed by atoms with van der Waals surface area (Å²) in [4.78, 5) is 21.9. The lowest BCUT2D eigenvalue weighted by Crippen LogP contribution is -2.38. The van der Waals surface area contributed by atoms with Gasteiger partial charge in [-0.05, 0) is 49.4 Å². The van der Waals surface area contributed by atoms with Crippen molar-refractivity contribution in [1.82, 2.24) is 0 Å². The third-order valence-electron chi connectivity index (χ3n) is 7.81. The fraction of sp³-hybridized carbons (Fsp3) is 0.760. The third-order valence-corrected chi connectivity index (χ3v) is 7.81. The first kappa shape index (κ1) is 25.5. The molecular weight excluding hydrogens is 364 g/mol. The molecule has 4 unspecified atom stereocenters. The van der Waals surface area contributed by atoms with Crippen molar-refractivity contribution in [3.05, 3.63) is 24.8 Å². The molecule has 2 rings (SSSR count). The highest BCUT2D eigenvalue weighted by molar-refractivity contribution is 5.86. The van der Waals surface area contributed by atoms with Gasteiger partial charge in [0.25, 0.3) is 0 Å². The second-order valence-corrected chi connectivity index (χ2v) is 9.53. The van der Waals surface area contributed by atoms with Crippen molar-refractivity contribution in [2.45, 2.75) is 98.5 Å². The summed E-state index contributed by atoms with van der Waals surface area (Å²) in [6, 6.07) is 0. The molecule has 2 aliphatic rings. The summed E-state index contributed by atoms with van der Waals surface area (Å²) in [5, 5.41) is 8.79. The van der Waals surface area contributed by atoms with Gasteiger partial charge in [0.15, 0.2) is 0 Å². The zero-order valence-corrected chi connectivity index (χ0v) is 19.3. The van der Waals surface area contributed by atoms with Crippen LogP contribution in [-0.2, 0) is 14.3 Å². The average Bonchev–Trinajstić information content (AvgIpc) is 3.01. The Bertz CT molecular complexity index is 592. The van der Waals surface area contributed by atoms with Crippen molar-refractivity contribution in [2.24, 2.45) is 22.7 Å². The molecule has 0 aromatic carbocycles. The van der Waals surface area contributed by atoms with Gasteiger partial charge in [0, 0.05) is 17.1 Å². The monoisotopic (exact) mass is 406 g/mol. The van der Waals surface area contributed by atoms with E-state index in [2.05, 4.69) is 40.9 Å². The van der Waals surface area contributed by atoms with Crippen LogP contribution in [0.3, 0.4) is 0 Å². The summed E-state index contributed by atoms with van der Waals surface area (Å²) in [6.07, 6.45) is 11.5. The number of esters is 1. The maximum absolute atomic E-state index is 11.3. The molecule has 0 aromatic rings. The Balaban J connectivity index is 0.000000291. The van der Waals surface area contributed by atoms with E-state index in [-0.39, 0.29) is 23.4 Å². The van der Waals surface area contributed by atoms with E-state index >= 15 is 0 Å². The summed E-state index contributed by atoms with van der Waals surface area (Å²) in [5.74, 6) is -0.230. The Morgan fingerprint density at radius 3 is 2.28 bits per heavy atom. The minimum Gasteiger partial charge on any atom is -0.478 e. The molecule has 2 saturated carbocycles. The normalized spacial score (nSPS) is 27.5. The molecule has 0 heterocycles. The standard InChI is InChI=1S/C13H20O2.C12H22O2/c1-5-11(14)15-10-8-9-6-7-13(10,4)12(9,2)3;1-4-6-7-8-9-11(5-2)10(3)12(13)14/h5,9-10H,1,6-8H2,2-4H3;11H,3-9H2,1-2H3,(H,13,14). The quantitative estimate of drug-likeness (QED) is 0.254. The molecule has 0 amide bonds. The molecule has 1 N–H and O–H groups in total. The van der Waals surface area contributed by atoms with Crippen molar-refractivity contribution in [1.29, 1.82) is 0 Å². The predicted octanol–water partition coefficient (Wildman–Crippen LogP) is 6.55. The van der Waals surface area contributed by atoms with Crippen molar-refractivity contribution in [2.75, 3.05) is 0 Å². The summed E-state index contributed by atoms with van der Waals surface area (Å²) in [7, 11) is 0. The van der Waals surface area contributed by atoms with E-state index in [1.165, 1.54) is 38.2 Å². The number of aliphatic carboxylic acids is 1. The molecule has 29 heavy (non-hydrogen) atoms. The van der Waals surface area contributed by atoms with Gasteiger partial charge in [-0.25, -0.2) is 9.59 Å². The maximum atomic E-state index is 11.3. The van der Waals surface area contributed by atoms with Gasteiger partial charge in [0.05, 0.1) is 0 Å². The van der Waals surface area contributed by atoms with Crippen molar-refractivity contribution in [3.63, 3.8) is 0 Å². The van der Waals surface area contributed by atoms with E-state index in [4.69, 9.17) is 9.84 Å². The molecule has 0 aliphatic heterocycles. The van der Waals surface area contributed by atoms with Crippen LogP contribution in [0.25, 0.3) is 0 Å². The molecule has 4 nitrogen and oxygen atoms in total. The van der Waals surface area contributed by atoms with E-state index in [9.17, 15) is 9.59 Å². The van der Waals surface area contributed by atoms with Crippen LogP contribution < -0.4 is 0 Å². The zero-order valence-electron chi connectivity index (χ0n) is 19.3. The number of carbonyl (C=O) groups excluding carboxylic acids is 1. The van der Waals surface area contributed by atoms with E-state index in [0.717, 1.165) is 25.7 Å². The Morgan fingerprint density at radius 2 is 1.86 bits per heavy atom. The summed E-state index contributed by atoms with van der Waals surface area (Å²) in [6.45, 7) is 18.2. The largest absolute Gasteiger partial charge is 0.478 e. The van der Waals surface area contributed by atoms with E-state index in [1.807, 2.05) is 6.92 Å². The summed E-state index contributed by atoms with van der Waals surface area (Å²) < 4.78 is 5.48. The molecule has 4 heteroatoms. The van der Waals surface area contributed by atoms with Crippen molar-refractivity contribution in [3.8, 4) is 0 Å². The lowest BCUT2D eigenvalue weighted by molar-refractivity contribution is -0.150. The summed E-state index contributed by atoms with van der Waals surface area (Å²) >= 11 is 0. The van der Waals surface area contributed by atoms with Crippen LogP contribution in [0.2, 0.25) is 0 Å². The van der Waals surface area contributed by atoms with E-state index < -0.39 is 5.97 Å². The molecule has 0 radical (unpaired) electrons. The molecule has 0 spiro atoms. The van der Waals surface area contributed by atoms with Gasteiger partial charge >= 0.3 is 11.9 Å². The van der Waals surface area contributed by atoms with Gasteiger partial charge in [-0.2, -0.15) is 0 Å². The molecule has 0 aromatic heterocycles. The van der Waals surface area contributed by atoms with Crippen LogP contribution in [0.15, 0.2) is 24.8 Å². The first-order valence-electron chi connectivity index (χ1n) is 11.3. The lowest BCUT2D eigenvalue weighted by Gasteiger charge is -2.38. The van der Waals surface area contributed by atoms with Gasteiger partial charge in [0.2, 0.25) is 0 Å². The van der Waals surface area contributed by atoms with Gasteiger partial charge in [-0.15, -0.1) is 0 Å². The Kier molecular flexibility index (Phi) is 9.64. The topological polar surface area (TPSA) is 63.6 Å². The number of ether oxygens (including phenoxy) is 1. The fourth-order valence-electron chi connectivity index (χ4n) is 5.11. The molecule has 166 valence electrons. The summed E-state index contributed by atoms with van der Waals surface area (Å²) in [5.41, 5.74) is 0.846. The number of rotatable bonds is 10. The number of carboxylic acid groups (broad SMARTS) is 1. The number of carboxylic acids is 1. The van der Waals surface area contributed by atoms with E-state index in [1.54, 1.807) is 0 Å². The van der Waals surface area contributed by atoms with Crippen LogP contribution in [-0.4, -0.2) is 23.1 Å². The highest BCUT2D eigenvalue weighted by atomic mass is 16.5. The molecule has 2 aliphatic carbocycles. The van der Waals surface area contributed by atoms with Crippen LogP contribution >= 0.6 is 0 Å². The van der Waals surface area contributed by atoms with Crippen LogP contribution in [0.1, 0.15) is 92.4 Å². The number of unbranched alkanes of at least 4 members (excludes halogenated alkanes) is 3. The fourth-order valence-corrected chi connectivity index (χ4v) is 5.11. The SMILES string of the molecule is C=C(C(=O)O)C(CC)CCCCCC.C=CC(=O)OC1CC2CCC1(C)C2(C)C. The molecule has 0 saturated heterocycles. The van der Waals surface area contributed by atoms with Gasteiger partial charge in [-0.3, -0.25) is 0 Å². The number of fused-ring (bicyclic) bond motifs is 2. The third kappa shape index (κ3) is 5.96. The smallest absolute Gasteiger partial charge is 0.331 e.